The van der Waals surface area contributed by atoms with Crippen LogP contribution in [0.3, 0.4) is 0 Å². The summed E-state index contributed by atoms with van der Waals surface area (Å²) < 4.78 is 0. The van der Waals surface area contributed by atoms with Gasteiger partial charge in [-0.3, -0.25) is 9.79 Å². The average Bonchev–Trinajstić information content (AvgIpc) is 3.79. The highest BCUT2D eigenvalue weighted by Crippen LogP contribution is 2.40. The predicted molar refractivity (Wildman–Crippen MR) is 134 cm³/mol. The highest BCUT2D eigenvalue weighted by Gasteiger charge is 2.29. The van der Waals surface area contributed by atoms with Crippen LogP contribution in [-0.4, -0.2) is 33.1 Å². The average molecular weight is 468 g/mol. The molecule has 2 aromatic carbocycles. The van der Waals surface area contributed by atoms with Crippen molar-refractivity contribution in [2.75, 3.05) is 11.9 Å². The number of amidine groups is 1. The number of hydrogen-bond acceptors (Lipinski definition) is 7. The van der Waals surface area contributed by atoms with Crippen LogP contribution in [0.4, 0.5) is 5.95 Å². The van der Waals surface area contributed by atoms with E-state index in [1.54, 1.807) is 0 Å². The first-order chi connectivity index (χ1) is 16.7. The minimum Gasteiger partial charge on any atom is -0.309 e. The van der Waals surface area contributed by atoms with Gasteiger partial charge in [0.2, 0.25) is 5.95 Å². The number of aromatic nitrogens is 3. The first-order valence-corrected chi connectivity index (χ1v) is 12.6. The number of nitrogens with zero attached hydrogens (tertiary/aromatic N) is 4. The Balaban J connectivity index is 1.15. The molecule has 0 spiro atoms. The maximum atomic E-state index is 12.5. The van der Waals surface area contributed by atoms with Gasteiger partial charge in [0.15, 0.2) is 10.9 Å². The fourth-order valence-corrected chi connectivity index (χ4v) is 4.78. The van der Waals surface area contributed by atoms with Crippen LogP contribution in [0.1, 0.15) is 53.3 Å². The maximum absolute atomic E-state index is 12.5. The van der Waals surface area contributed by atoms with Crippen molar-refractivity contribution in [1.82, 2.24) is 15.0 Å². The molecule has 1 N–H and O–H groups in total. The molecule has 0 atom stereocenters. The van der Waals surface area contributed by atoms with Crippen LogP contribution in [0.15, 0.2) is 81.3 Å². The summed E-state index contributed by atoms with van der Waals surface area (Å²) in [5, 5.41) is 3.99. The molecular formula is C27H25N5OS. The van der Waals surface area contributed by atoms with Crippen LogP contribution in [0.5, 0.6) is 0 Å². The maximum Gasteiger partial charge on any atom is 0.232 e. The van der Waals surface area contributed by atoms with Crippen molar-refractivity contribution in [3.63, 3.8) is 0 Å². The normalized spacial score (nSPS) is 17.3. The fourth-order valence-electron chi connectivity index (χ4n) is 4.02. The smallest absolute Gasteiger partial charge is 0.232 e. The van der Waals surface area contributed by atoms with E-state index < -0.39 is 0 Å². The van der Waals surface area contributed by atoms with Gasteiger partial charge in [0.05, 0.1) is 6.54 Å². The van der Waals surface area contributed by atoms with Crippen LogP contribution in [0.2, 0.25) is 0 Å². The van der Waals surface area contributed by atoms with Crippen LogP contribution in [0.25, 0.3) is 0 Å². The number of anilines is 1. The molecule has 0 saturated heterocycles. The van der Waals surface area contributed by atoms with Crippen molar-refractivity contribution in [2.24, 2.45) is 10.9 Å². The van der Waals surface area contributed by atoms with Crippen molar-refractivity contribution >= 4 is 29.3 Å². The van der Waals surface area contributed by atoms with Crippen molar-refractivity contribution < 1.29 is 4.79 Å². The van der Waals surface area contributed by atoms with Crippen LogP contribution >= 0.6 is 11.8 Å². The van der Waals surface area contributed by atoms with Gasteiger partial charge in [-0.15, -0.1) is 0 Å². The lowest BCUT2D eigenvalue weighted by atomic mass is 10.0. The standard InChI is InChI=1S/C27H25N5OS/c33-23(19-4-2-1-3-5-19)14-17-6-12-22(13-7-17)34-27-31-25(20-10-11-20)30-26(32-27)29-24-15-21(16-28-24)18-8-9-18/h1-7,12-13,15,18,20H,8-11,14,16H2,(H,28,29,30,31,32). The molecule has 0 bridgehead atoms. The molecule has 6 rings (SSSR count). The Morgan fingerprint density at radius 1 is 0.912 bits per heavy atom. The largest absolute Gasteiger partial charge is 0.309 e. The van der Waals surface area contributed by atoms with Gasteiger partial charge in [0, 0.05) is 22.8 Å². The van der Waals surface area contributed by atoms with Gasteiger partial charge in [0.1, 0.15) is 11.7 Å². The van der Waals surface area contributed by atoms with Gasteiger partial charge in [-0.25, -0.2) is 4.98 Å². The number of carbonyl (C=O) groups excluding carboxylic acids is 1. The highest BCUT2D eigenvalue weighted by molar-refractivity contribution is 7.99. The minimum absolute atomic E-state index is 0.122. The molecule has 0 amide bonds. The van der Waals surface area contributed by atoms with Crippen LogP contribution < -0.4 is 5.32 Å². The number of nitrogens with one attached hydrogen (secondary N) is 1. The summed E-state index contributed by atoms with van der Waals surface area (Å²) in [6.07, 6.45) is 7.37. The van der Waals surface area contributed by atoms with Crippen molar-refractivity contribution in [3.05, 3.63) is 83.2 Å². The van der Waals surface area contributed by atoms with Crippen molar-refractivity contribution in [2.45, 2.75) is 48.1 Å². The fraction of sp³-hybridized carbons (Fsp3) is 0.296. The summed E-state index contributed by atoms with van der Waals surface area (Å²) in [7, 11) is 0. The Bertz CT molecular complexity index is 1280. The highest BCUT2D eigenvalue weighted by atomic mass is 32.2. The second-order valence-electron chi connectivity index (χ2n) is 9.11. The molecule has 2 heterocycles. The first kappa shape index (κ1) is 21.2. The van der Waals surface area contributed by atoms with Gasteiger partial charge in [-0.05, 0) is 72.7 Å². The topological polar surface area (TPSA) is 80.1 Å². The monoisotopic (exact) mass is 467 g/mol. The molecule has 3 aliphatic rings. The number of carbonyl (C=O) groups is 1. The van der Waals surface area contributed by atoms with Gasteiger partial charge >= 0.3 is 0 Å². The van der Waals surface area contributed by atoms with E-state index in [2.05, 4.69) is 26.4 Å². The molecule has 1 aromatic heterocycles. The molecule has 1 aliphatic heterocycles. The number of hydrogen-bond donors (Lipinski definition) is 1. The summed E-state index contributed by atoms with van der Waals surface area (Å²) >= 11 is 1.52. The molecule has 6 nitrogen and oxygen atoms in total. The summed E-state index contributed by atoms with van der Waals surface area (Å²) in [4.78, 5) is 32.2. The van der Waals surface area contributed by atoms with Gasteiger partial charge in [-0.1, -0.05) is 42.5 Å². The van der Waals surface area contributed by atoms with E-state index in [4.69, 9.17) is 4.98 Å². The predicted octanol–water partition coefficient (Wildman–Crippen LogP) is 5.49. The van der Waals surface area contributed by atoms with E-state index in [1.165, 1.54) is 30.2 Å². The summed E-state index contributed by atoms with van der Waals surface area (Å²) in [5.41, 5.74) is 3.15. The minimum atomic E-state index is 0.122. The molecule has 3 aromatic rings. The van der Waals surface area contributed by atoms with Crippen molar-refractivity contribution in [1.29, 1.82) is 0 Å². The lowest BCUT2D eigenvalue weighted by Gasteiger charge is -2.08. The Labute approximate surface area is 203 Å². The third-order valence-corrected chi connectivity index (χ3v) is 7.14. The number of aliphatic imine (C=N–C) groups is 1. The van der Waals surface area contributed by atoms with E-state index in [0.717, 1.165) is 53.0 Å². The Morgan fingerprint density at radius 3 is 2.41 bits per heavy atom. The SMILES string of the molecule is O=C(Cc1ccc(Sc2nc(NC3=NCC(C4CC4)=C3)nc(C3CC3)n2)cc1)c1ccccc1. The molecule has 0 radical (unpaired) electrons. The molecule has 2 fully saturated rings. The third kappa shape index (κ3) is 5.09. The van der Waals surface area contributed by atoms with Crippen LogP contribution in [0, 0.1) is 5.92 Å². The van der Waals surface area contributed by atoms with E-state index in [9.17, 15) is 4.79 Å². The Hall–Kier alpha value is -3.32. The van der Waals surface area contributed by atoms with Crippen molar-refractivity contribution in [3.8, 4) is 0 Å². The summed E-state index contributed by atoms with van der Waals surface area (Å²) in [6.45, 7) is 0.786. The van der Waals surface area contributed by atoms with E-state index in [1.807, 2.05) is 54.6 Å². The zero-order chi connectivity index (χ0) is 22.9. The number of rotatable bonds is 8. The molecule has 170 valence electrons. The molecule has 7 heteroatoms. The molecule has 34 heavy (non-hydrogen) atoms. The van der Waals surface area contributed by atoms with E-state index >= 15 is 0 Å². The zero-order valence-electron chi connectivity index (χ0n) is 18.8. The second-order valence-corrected chi connectivity index (χ2v) is 10.1. The van der Waals surface area contributed by atoms with Gasteiger partial charge < -0.3 is 5.32 Å². The van der Waals surface area contributed by atoms with Crippen LogP contribution in [-0.2, 0) is 6.42 Å². The summed E-state index contributed by atoms with van der Waals surface area (Å²) in [5.74, 6) is 3.54. The molecular weight excluding hydrogens is 442 g/mol. The van der Waals surface area contributed by atoms with Gasteiger partial charge in [0.25, 0.3) is 0 Å². The quantitative estimate of drug-likeness (QED) is 0.442. The van der Waals surface area contributed by atoms with Gasteiger partial charge in [-0.2, -0.15) is 9.97 Å². The molecule has 2 saturated carbocycles. The molecule has 0 unspecified atom stereocenters. The lowest BCUT2D eigenvalue weighted by molar-refractivity contribution is 0.0993. The molecule has 2 aliphatic carbocycles. The number of Topliss-reactive ketones (excluding diaryl/α,β-unsaturated/α-hetero) is 1. The first-order valence-electron chi connectivity index (χ1n) is 11.8. The Kier molecular flexibility index (Phi) is 5.71. The van der Waals surface area contributed by atoms with E-state index in [-0.39, 0.29) is 5.78 Å². The zero-order valence-corrected chi connectivity index (χ0v) is 19.6. The summed E-state index contributed by atoms with van der Waals surface area (Å²) in [6, 6.07) is 17.5. The van der Waals surface area contributed by atoms with E-state index in [0.29, 0.717) is 23.4 Å². The third-order valence-electron chi connectivity index (χ3n) is 6.26. The number of benzene rings is 2. The second kappa shape index (κ2) is 9.14. The Morgan fingerprint density at radius 2 is 1.68 bits per heavy atom. The number of ketones is 1. The lowest BCUT2D eigenvalue weighted by Crippen LogP contribution is -2.12.